The van der Waals surface area contributed by atoms with Crippen LogP contribution >= 0.6 is 82.6 Å². The van der Waals surface area contributed by atoms with Crippen LogP contribution in [0.5, 0.6) is 23.0 Å². The molecule has 0 atom stereocenters. The Balaban J connectivity index is 0.000000598. The number of hydrogen-bond acceptors (Lipinski definition) is 8. The number of hydrogen-bond donors (Lipinski definition) is 4. The average molecular weight is 901 g/mol. The zero-order valence-electron chi connectivity index (χ0n) is 24.5. The van der Waals surface area contributed by atoms with Crippen molar-refractivity contribution in [1.82, 2.24) is 0 Å². The van der Waals surface area contributed by atoms with Gasteiger partial charge < -0.3 is 20.4 Å². The minimum atomic E-state index is -0.328. The first-order chi connectivity index (χ1) is 21.3. The standard InChI is InChI=1S/C8H5BrCl2O2.C8H6BrClO2.C8H7BrO2.C8H8O2.CH4/c1-3(12)6-7(11)4(9)2-5(10)8(6)13;1-4(11)6-2-5(9)3-7(10)8(6)12;1-5(10)7-4-6(9)2-3-8(7)11;1-6(9)7-4-2-3-5-8(7)10;/h2,13H,1H3;2-3,12H,1H3;2-4,11H,1H3;2-5,10H,1H3;1H4. The number of phenols is 4. The molecule has 0 radical (unpaired) electrons. The van der Waals surface area contributed by atoms with E-state index in [0.717, 1.165) is 4.47 Å². The molecule has 0 aromatic heterocycles. The predicted octanol–water partition coefficient (Wildman–Crippen LogP) is 11.3. The van der Waals surface area contributed by atoms with Crippen molar-refractivity contribution >= 4 is 106 Å². The van der Waals surface area contributed by atoms with E-state index in [1.807, 2.05) is 0 Å². The Morgan fingerprint density at radius 2 is 1.02 bits per heavy atom. The maximum Gasteiger partial charge on any atom is 0.165 e. The van der Waals surface area contributed by atoms with Gasteiger partial charge in [-0.25, -0.2) is 0 Å². The normalized spacial score (nSPS) is 9.57. The Morgan fingerprint density at radius 1 is 0.553 bits per heavy atom. The van der Waals surface area contributed by atoms with Gasteiger partial charge in [-0.05, 0) is 92.2 Å². The van der Waals surface area contributed by atoms with Gasteiger partial charge in [-0.2, -0.15) is 0 Å². The fourth-order valence-electron chi connectivity index (χ4n) is 3.30. The van der Waals surface area contributed by atoms with Crippen LogP contribution in [0.2, 0.25) is 15.1 Å². The summed E-state index contributed by atoms with van der Waals surface area (Å²) in [6.45, 7) is 5.53. The van der Waals surface area contributed by atoms with Crippen LogP contribution in [-0.4, -0.2) is 43.6 Å². The SMILES string of the molecule is C.CC(=O)c1c(O)c(Cl)cc(Br)c1Cl.CC(=O)c1cc(Br)cc(Cl)c1O.CC(=O)c1cc(Br)ccc1O.CC(=O)c1ccccc1O. The predicted molar refractivity (Wildman–Crippen MR) is 197 cm³/mol. The Hall–Kier alpha value is -2.93. The van der Waals surface area contributed by atoms with Gasteiger partial charge in [-0.15, -0.1) is 0 Å². The molecule has 0 amide bonds. The molecular weight excluding hydrogens is 870 g/mol. The van der Waals surface area contributed by atoms with Crippen molar-refractivity contribution in [3.63, 3.8) is 0 Å². The number of rotatable bonds is 4. The molecular formula is C33H30Br3Cl3O8. The molecule has 4 N–H and O–H groups in total. The lowest BCUT2D eigenvalue weighted by Gasteiger charge is -2.06. The first-order valence-electron chi connectivity index (χ1n) is 12.6. The molecule has 0 saturated heterocycles. The fraction of sp³-hybridized carbons (Fsp3) is 0.152. The monoisotopic (exact) mass is 896 g/mol. The smallest absolute Gasteiger partial charge is 0.165 e. The van der Waals surface area contributed by atoms with Crippen LogP contribution in [0.4, 0.5) is 0 Å². The lowest BCUT2D eigenvalue weighted by atomic mass is 10.1. The second-order valence-electron chi connectivity index (χ2n) is 9.06. The molecule has 0 unspecified atom stereocenters. The molecule has 0 saturated carbocycles. The van der Waals surface area contributed by atoms with Gasteiger partial charge in [0.15, 0.2) is 23.1 Å². The highest BCUT2D eigenvalue weighted by molar-refractivity contribution is 9.11. The molecule has 0 fully saturated rings. The largest absolute Gasteiger partial charge is 0.507 e. The van der Waals surface area contributed by atoms with Crippen molar-refractivity contribution in [2.45, 2.75) is 35.1 Å². The van der Waals surface area contributed by atoms with Crippen LogP contribution in [0, 0.1) is 0 Å². The summed E-state index contributed by atoms with van der Waals surface area (Å²) in [5.74, 6) is -1.14. The zero-order valence-corrected chi connectivity index (χ0v) is 31.5. The highest BCUT2D eigenvalue weighted by atomic mass is 79.9. The van der Waals surface area contributed by atoms with E-state index in [0.29, 0.717) is 20.1 Å². The van der Waals surface area contributed by atoms with E-state index in [1.165, 1.54) is 58.0 Å². The van der Waals surface area contributed by atoms with E-state index in [4.69, 9.17) is 45.0 Å². The average Bonchev–Trinajstić information content (AvgIpc) is 2.96. The number of carbonyl (C=O) groups excluding carboxylic acids is 4. The molecule has 47 heavy (non-hydrogen) atoms. The number of halogens is 6. The van der Waals surface area contributed by atoms with Crippen molar-refractivity contribution in [2.75, 3.05) is 0 Å². The number of benzene rings is 4. The van der Waals surface area contributed by atoms with Gasteiger partial charge in [0.1, 0.15) is 23.0 Å². The van der Waals surface area contributed by atoms with Gasteiger partial charge >= 0.3 is 0 Å². The quantitative estimate of drug-likeness (QED) is 0.117. The minimum Gasteiger partial charge on any atom is -0.507 e. The molecule has 0 aliphatic rings. The Kier molecular flexibility index (Phi) is 19.2. The summed E-state index contributed by atoms with van der Waals surface area (Å²) >= 11 is 26.5. The Labute approximate surface area is 312 Å². The zero-order chi connectivity index (χ0) is 35.5. The van der Waals surface area contributed by atoms with Crippen molar-refractivity contribution in [3.05, 3.63) is 111 Å². The molecule has 252 valence electrons. The molecule has 0 aliphatic heterocycles. The fourth-order valence-corrected chi connectivity index (χ4v) is 5.51. The van der Waals surface area contributed by atoms with Crippen LogP contribution < -0.4 is 0 Å². The first-order valence-corrected chi connectivity index (χ1v) is 16.2. The summed E-state index contributed by atoms with van der Waals surface area (Å²) < 4.78 is 1.96. The van der Waals surface area contributed by atoms with Crippen LogP contribution in [0.1, 0.15) is 76.6 Å². The summed E-state index contributed by atoms with van der Waals surface area (Å²) in [6, 6.07) is 15.8. The van der Waals surface area contributed by atoms with Crippen LogP contribution in [0.3, 0.4) is 0 Å². The Bertz CT molecular complexity index is 1750. The summed E-state index contributed by atoms with van der Waals surface area (Å²) in [7, 11) is 0. The van der Waals surface area contributed by atoms with Crippen LogP contribution in [-0.2, 0) is 0 Å². The number of para-hydroxylation sites is 1. The van der Waals surface area contributed by atoms with Gasteiger partial charge in [-0.3, -0.25) is 19.2 Å². The molecule has 8 nitrogen and oxygen atoms in total. The lowest BCUT2D eigenvalue weighted by Crippen LogP contribution is -1.95. The maximum atomic E-state index is 11.1. The minimum absolute atomic E-state index is 0. The highest BCUT2D eigenvalue weighted by Gasteiger charge is 2.17. The van der Waals surface area contributed by atoms with Gasteiger partial charge in [-0.1, -0.05) is 86.2 Å². The third-order valence-corrected chi connectivity index (χ3v) is 8.30. The van der Waals surface area contributed by atoms with Crippen LogP contribution in [0.15, 0.2) is 74.1 Å². The van der Waals surface area contributed by atoms with E-state index in [2.05, 4.69) is 47.8 Å². The molecule has 0 heterocycles. The van der Waals surface area contributed by atoms with Gasteiger partial charge in [0.2, 0.25) is 0 Å². The second-order valence-corrected chi connectivity index (χ2v) is 12.9. The maximum absolute atomic E-state index is 11.1. The summed E-state index contributed by atoms with van der Waals surface area (Å²) in [6.07, 6.45) is 0. The third-order valence-electron chi connectivity index (χ3n) is 5.53. The number of ketones is 4. The number of Topliss-reactive ketones (excluding diaryl/α,β-unsaturated/α-hetero) is 4. The van der Waals surface area contributed by atoms with Crippen molar-refractivity contribution in [3.8, 4) is 23.0 Å². The highest BCUT2D eigenvalue weighted by Crippen LogP contribution is 2.38. The summed E-state index contributed by atoms with van der Waals surface area (Å²) in [5, 5.41) is 37.4. The third kappa shape index (κ3) is 13.6. The molecule has 4 aromatic rings. The van der Waals surface area contributed by atoms with Crippen molar-refractivity contribution in [1.29, 1.82) is 0 Å². The van der Waals surface area contributed by atoms with Crippen molar-refractivity contribution in [2.24, 2.45) is 0 Å². The Morgan fingerprint density at radius 3 is 1.47 bits per heavy atom. The van der Waals surface area contributed by atoms with Gasteiger partial charge in [0.25, 0.3) is 0 Å². The second kappa shape index (κ2) is 20.4. The molecule has 0 spiro atoms. The lowest BCUT2D eigenvalue weighted by molar-refractivity contribution is 0.100. The van der Waals surface area contributed by atoms with Crippen molar-refractivity contribution < 1.29 is 39.6 Å². The molecule has 0 aliphatic carbocycles. The van der Waals surface area contributed by atoms with Gasteiger partial charge in [0, 0.05) is 13.4 Å². The topological polar surface area (TPSA) is 149 Å². The summed E-state index contributed by atoms with van der Waals surface area (Å²) in [4.78, 5) is 43.5. The van der Waals surface area contributed by atoms with Crippen LogP contribution in [0.25, 0.3) is 0 Å². The number of carbonyl (C=O) groups is 4. The van der Waals surface area contributed by atoms with Gasteiger partial charge in [0.05, 0.1) is 37.3 Å². The molecule has 0 bridgehead atoms. The van der Waals surface area contributed by atoms with E-state index < -0.39 is 0 Å². The summed E-state index contributed by atoms with van der Waals surface area (Å²) in [5.41, 5.74) is 0.997. The first kappa shape index (κ1) is 44.1. The number of phenolic OH excluding ortho intramolecular Hbond substituents is 4. The van der Waals surface area contributed by atoms with E-state index in [-0.39, 0.29) is 79.8 Å². The van der Waals surface area contributed by atoms with E-state index in [1.54, 1.807) is 30.3 Å². The molecule has 4 rings (SSSR count). The number of aromatic hydroxyl groups is 4. The van der Waals surface area contributed by atoms with E-state index in [9.17, 15) is 29.4 Å². The molecule has 4 aromatic carbocycles. The molecule has 14 heteroatoms. The van der Waals surface area contributed by atoms with E-state index >= 15 is 0 Å².